The van der Waals surface area contributed by atoms with Gasteiger partial charge in [-0.15, -0.1) is 0 Å². The minimum atomic E-state index is -3.86. The Morgan fingerprint density at radius 3 is 2.86 bits per heavy atom. The Kier molecular flexibility index (Phi) is 4.20. The highest BCUT2D eigenvalue weighted by molar-refractivity contribution is 7.89. The number of hydrogen-bond acceptors (Lipinski definition) is 5. The summed E-state index contributed by atoms with van der Waals surface area (Å²) >= 11 is 0. The summed E-state index contributed by atoms with van der Waals surface area (Å²) in [5.74, 6) is -0.307. The molecule has 1 aromatic heterocycles. The maximum atomic E-state index is 12.9. The van der Waals surface area contributed by atoms with Crippen LogP contribution in [0.25, 0.3) is 0 Å². The number of aromatic nitrogens is 1. The molecule has 0 aliphatic carbocycles. The first-order valence-corrected chi connectivity index (χ1v) is 8.26. The summed E-state index contributed by atoms with van der Waals surface area (Å²) in [4.78, 5) is 16.0. The average Bonchev–Trinajstić information content (AvgIpc) is 2.42. The van der Waals surface area contributed by atoms with Crippen molar-refractivity contribution in [3.05, 3.63) is 18.3 Å². The highest BCUT2D eigenvalue weighted by atomic mass is 32.2. The van der Waals surface area contributed by atoms with E-state index in [4.69, 9.17) is 0 Å². The Hall–Kier alpha value is -1.67. The van der Waals surface area contributed by atoms with Gasteiger partial charge in [-0.05, 0) is 32.9 Å². The largest absolute Gasteiger partial charge is 0.383 e. The number of carbonyl (C=O) groups is 1. The maximum Gasteiger partial charge on any atom is 0.263 e. The van der Waals surface area contributed by atoms with Gasteiger partial charge in [-0.2, -0.15) is 4.31 Å². The van der Waals surface area contributed by atoms with E-state index in [1.165, 1.54) is 10.5 Å². The van der Waals surface area contributed by atoms with Crippen LogP contribution in [-0.4, -0.2) is 48.8 Å². The molecule has 0 unspecified atom stereocenters. The molecule has 1 amide bonds. The lowest BCUT2D eigenvalue weighted by molar-refractivity contribution is -0.131. The van der Waals surface area contributed by atoms with Gasteiger partial charge in [0.1, 0.15) is 5.54 Å². The fourth-order valence-corrected chi connectivity index (χ4v) is 4.16. The number of pyridine rings is 1. The third-order valence-electron chi connectivity index (χ3n) is 3.45. The average molecular weight is 312 g/mol. The first-order chi connectivity index (χ1) is 9.81. The summed E-state index contributed by atoms with van der Waals surface area (Å²) in [6, 6.07) is 3.34. The maximum absolute atomic E-state index is 12.9. The van der Waals surface area contributed by atoms with Crippen molar-refractivity contribution < 1.29 is 13.2 Å². The van der Waals surface area contributed by atoms with E-state index in [2.05, 4.69) is 15.6 Å². The zero-order valence-electron chi connectivity index (χ0n) is 12.4. The molecule has 2 rings (SSSR count). The van der Waals surface area contributed by atoms with E-state index < -0.39 is 15.6 Å². The molecule has 0 saturated carbocycles. The number of piperazine rings is 1. The zero-order valence-corrected chi connectivity index (χ0v) is 13.2. The molecule has 1 saturated heterocycles. The summed E-state index contributed by atoms with van der Waals surface area (Å²) in [7, 11) is -3.86. The Balaban J connectivity index is 2.49. The molecule has 0 spiro atoms. The molecular formula is C13H20N4O3S. The standard InChI is InChI=1S/C13H20N4O3S/c1-4-14-10-6-5-7-15-11(10)21(19,20)17-9-8-16-12(18)13(17,2)3/h5-7,14H,4,8-9H2,1-3H3,(H,16,18). The van der Waals surface area contributed by atoms with E-state index in [1.54, 1.807) is 26.0 Å². The number of rotatable bonds is 4. The topological polar surface area (TPSA) is 91.4 Å². The number of nitrogens with one attached hydrogen (secondary N) is 2. The summed E-state index contributed by atoms with van der Waals surface area (Å²) in [5.41, 5.74) is -0.695. The first-order valence-electron chi connectivity index (χ1n) is 6.82. The van der Waals surface area contributed by atoms with Crippen LogP contribution in [0.3, 0.4) is 0 Å². The second-order valence-electron chi connectivity index (χ2n) is 5.28. The predicted molar refractivity (Wildman–Crippen MR) is 79.4 cm³/mol. The van der Waals surface area contributed by atoms with Gasteiger partial charge in [-0.25, -0.2) is 13.4 Å². The first kappa shape index (κ1) is 15.7. The van der Waals surface area contributed by atoms with Gasteiger partial charge < -0.3 is 10.6 Å². The summed E-state index contributed by atoms with van der Waals surface area (Å²) < 4.78 is 27.0. The van der Waals surface area contributed by atoms with Gasteiger partial charge in [0.15, 0.2) is 5.03 Å². The normalized spacial score (nSPS) is 19.1. The van der Waals surface area contributed by atoms with Crippen LogP contribution in [0.1, 0.15) is 20.8 Å². The quantitative estimate of drug-likeness (QED) is 0.840. The minimum absolute atomic E-state index is 0.0466. The Labute approximate surface area is 124 Å². The number of hydrogen-bond donors (Lipinski definition) is 2. The summed E-state index contributed by atoms with van der Waals surface area (Å²) in [5, 5.41) is 5.63. The van der Waals surface area contributed by atoms with Gasteiger partial charge in [0.25, 0.3) is 10.0 Å². The van der Waals surface area contributed by atoms with Crippen LogP contribution >= 0.6 is 0 Å². The van der Waals surface area contributed by atoms with Crippen LogP contribution in [0.15, 0.2) is 23.4 Å². The van der Waals surface area contributed by atoms with E-state index >= 15 is 0 Å². The lowest BCUT2D eigenvalue weighted by atomic mass is 10.0. The lowest BCUT2D eigenvalue weighted by Crippen LogP contribution is -2.63. The van der Waals surface area contributed by atoms with Crippen molar-refractivity contribution in [1.29, 1.82) is 0 Å². The van der Waals surface area contributed by atoms with Gasteiger partial charge in [-0.3, -0.25) is 4.79 Å². The fraction of sp³-hybridized carbons (Fsp3) is 0.538. The van der Waals surface area contributed by atoms with Crippen molar-refractivity contribution in [3.8, 4) is 0 Å². The highest BCUT2D eigenvalue weighted by Gasteiger charge is 2.46. The Morgan fingerprint density at radius 1 is 1.48 bits per heavy atom. The van der Waals surface area contributed by atoms with Crippen molar-refractivity contribution in [1.82, 2.24) is 14.6 Å². The molecule has 8 heteroatoms. The molecule has 116 valence electrons. The number of nitrogens with zero attached hydrogens (tertiary/aromatic N) is 2. The van der Waals surface area contributed by atoms with Gasteiger partial charge in [-0.1, -0.05) is 0 Å². The minimum Gasteiger partial charge on any atom is -0.383 e. The van der Waals surface area contributed by atoms with Crippen molar-refractivity contribution in [2.45, 2.75) is 31.3 Å². The zero-order chi connectivity index (χ0) is 15.7. The molecule has 0 bridgehead atoms. The van der Waals surface area contributed by atoms with Crippen molar-refractivity contribution in [2.24, 2.45) is 0 Å². The smallest absolute Gasteiger partial charge is 0.263 e. The molecular weight excluding hydrogens is 292 g/mol. The van der Waals surface area contributed by atoms with Gasteiger partial charge in [0.2, 0.25) is 5.91 Å². The van der Waals surface area contributed by atoms with E-state index in [-0.39, 0.29) is 17.5 Å². The fourth-order valence-electron chi connectivity index (χ4n) is 2.33. The van der Waals surface area contributed by atoms with Gasteiger partial charge >= 0.3 is 0 Å². The molecule has 1 aromatic rings. The monoisotopic (exact) mass is 312 g/mol. The predicted octanol–water partition coefficient (Wildman–Crippen LogP) is 0.412. The van der Waals surface area contributed by atoms with Crippen LogP contribution in [-0.2, 0) is 14.8 Å². The number of anilines is 1. The van der Waals surface area contributed by atoms with Crippen molar-refractivity contribution >= 4 is 21.6 Å². The van der Waals surface area contributed by atoms with Gasteiger partial charge in [0.05, 0.1) is 5.69 Å². The third-order valence-corrected chi connectivity index (χ3v) is 5.49. The number of amides is 1. The summed E-state index contributed by atoms with van der Waals surface area (Å²) in [6.07, 6.45) is 1.44. The molecule has 0 aromatic carbocycles. The Morgan fingerprint density at radius 2 is 2.19 bits per heavy atom. The van der Waals surface area contributed by atoms with Crippen molar-refractivity contribution in [3.63, 3.8) is 0 Å². The molecule has 1 aliphatic rings. The highest BCUT2D eigenvalue weighted by Crippen LogP contribution is 2.29. The SMILES string of the molecule is CCNc1cccnc1S(=O)(=O)N1CCNC(=O)C1(C)C. The van der Waals surface area contributed by atoms with E-state index in [9.17, 15) is 13.2 Å². The van der Waals surface area contributed by atoms with Crippen LogP contribution in [0.4, 0.5) is 5.69 Å². The molecule has 2 N–H and O–H groups in total. The molecule has 2 heterocycles. The molecule has 0 atom stereocenters. The van der Waals surface area contributed by atoms with E-state index in [0.717, 1.165) is 0 Å². The van der Waals surface area contributed by atoms with E-state index in [0.29, 0.717) is 18.8 Å². The van der Waals surface area contributed by atoms with Crippen LogP contribution in [0.5, 0.6) is 0 Å². The lowest BCUT2D eigenvalue weighted by Gasteiger charge is -2.39. The van der Waals surface area contributed by atoms with Crippen LogP contribution in [0, 0.1) is 0 Å². The number of carbonyl (C=O) groups excluding carboxylic acids is 1. The second-order valence-corrected chi connectivity index (χ2v) is 7.06. The summed E-state index contributed by atoms with van der Waals surface area (Å²) in [6.45, 7) is 6.16. The van der Waals surface area contributed by atoms with Crippen LogP contribution in [0.2, 0.25) is 0 Å². The molecule has 7 nitrogen and oxygen atoms in total. The van der Waals surface area contributed by atoms with Crippen LogP contribution < -0.4 is 10.6 Å². The Bertz CT molecular complexity index is 643. The number of sulfonamides is 1. The molecule has 1 aliphatic heterocycles. The molecule has 1 fully saturated rings. The molecule has 0 radical (unpaired) electrons. The third kappa shape index (κ3) is 2.73. The van der Waals surface area contributed by atoms with E-state index in [1.807, 2.05) is 6.92 Å². The van der Waals surface area contributed by atoms with Gasteiger partial charge in [0, 0.05) is 25.8 Å². The molecule has 21 heavy (non-hydrogen) atoms. The second kappa shape index (κ2) is 5.61. The van der Waals surface area contributed by atoms with Crippen molar-refractivity contribution in [2.75, 3.05) is 25.0 Å².